The quantitative estimate of drug-likeness (QED) is 0.698. The molecule has 3 rings (SSSR count). The molecule has 7 heteroatoms. The molecule has 0 atom stereocenters. The number of aromatic nitrogens is 1. The van der Waals surface area contributed by atoms with E-state index in [-0.39, 0.29) is 11.4 Å². The lowest BCUT2D eigenvalue weighted by atomic mass is 10.0. The van der Waals surface area contributed by atoms with Crippen molar-refractivity contribution < 1.29 is 17.7 Å². The van der Waals surface area contributed by atoms with E-state index < -0.39 is 10.0 Å². The van der Waals surface area contributed by atoms with Crippen LogP contribution in [-0.2, 0) is 16.6 Å². The molecule has 0 aliphatic rings. The highest BCUT2D eigenvalue weighted by atomic mass is 32.2. The van der Waals surface area contributed by atoms with E-state index in [4.69, 9.17) is 9.26 Å². The lowest BCUT2D eigenvalue weighted by Crippen LogP contribution is -2.24. The van der Waals surface area contributed by atoms with Crippen LogP contribution in [-0.4, -0.2) is 20.7 Å². The SMILES string of the molecule is COc1cccc(CNS(=O)(=O)c2cc(-c3c(C)noc3C)ccc2C)c1. The van der Waals surface area contributed by atoms with Crippen LogP contribution in [0.15, 0.2) is 51.9 Å². The molecule has 0 aliphatic heterocycles. The molecule has 0 saturated carbocycles. The van der Waals surface area contributed by atoms with Crippen LogP contribution >= 0.6 is 0 Å². The van der Waals surface area contributed by atoms with Gasteiger partial charge in [-0.3, -0.25) is 0 Å². The predicted octanol–water partition coefficient (Wildman–Crippen LogP) is 3.75. The first kappa shape index (κ1) is 19.1. The number of hydrogen-bond acceptors (Lipinski definition) is 5. The maximum absolute atomic E-state index is 12.9. The van der Waals surface area contributed by atoms with E-state index in [1.54, 1.807) is 32.2 Å². The van der Waals surface area contributed by atoms with Crippen molar-refractivity contribution in [3.63, 3.8) is 0 Å². The van der Waals surface area contributed by atoms with E-state index in [1.807, 2.05) is 38.1 Å². The topological polar surface area (TPSA) is 81.4 Å². The van der Waals surface area contributed by atoms with Gasteiger partial charge in [0.25, 0.3) is 0 Å². The maximum Gasteiger partial charge on any atom is 0.241 e. The summed E-state index contributed by atoms with van der Waals surface area (Å²) in [5.41, 5.74) is 3.79. The molecule has 0 aliphatic carbocycles. The lowest BCUT2D eigenvalue weighted by molar-refractivity contribution is 0.393. The standard InChI is InChI=1S/C20H22N2O4S/c1-13-8-9-17(20-14(2)22-26-15(20)3)11-19(13)27(23,24)21-12-16-6-5-7-18(10-16)25-4/h5-11,21H,12H2,1-4H3. The van der Waals surface area contributed by atoms with Gasteiger partial charge in [-0.2, -0.15) is 0 Å². The number of rotatable bonds is 6. The fraction of sp³-hybridized carbons (Fsp3) is 0.250. The zero-order valence-corrected chi connectivity index (χ0v) is 16.6. The first-order valence-corrected chi connectivity index (χ1v) is 9.96. The largest absolute Gasteiger partial charge is 0.497 e. The van der Waals surface area contributed by atoms with Gasteiger partial charge in [0.15, 0.2) is 0 Å². The molecule has 0 amide bonds. The van der Waals surface area contributed by atoms with Crippen molar-refractivity contribution in [2.24, 2.45) is 0 Å². The van der Waals surface area contributed by atoms with Crippen LogP contribution in [0.2, 0.25) is 0 Å². The number of hydrogen-bond donors (Lipinski definition) is 1. The highest BCUT2D eigenvalue weighted by molar-refractivity contribution is 7.89. The van der Waals surface area contributed by atoms with Gasteiger partial charge in [-0.1, -0.05) is 29.4 Å². The molecule has 6 nitrogen and oxygen atoms in total. The first-order valence-electron chi connectivity index (χ1n) is 8.48. The third kappa shape index (κ3) is 4.04. The third-order valence-corrected chi connectivity index (χ3v) is 5.94. The van der Waals surface area contributed by atoms with E-state index in [0.29, 0.717) is 17.1 Å². The van der Waals surface area contributed by atoms with Gasteiger partial charge in [0.2, 0.25) is 10.0 Å². The summed E-state index contributed by atoms with van der Waals surface area (Å²) in [4.78, 5) is 0.239. The summed E-state index contributed by atoms with van der Waals surface area (Å²) in [5.74, 6) is 1.34. The molecule has 2 aromatic carbocycles. The third-order valence-electron chi connectivity index (χ3n) is 4.40. The number of benzene rings is 2. The number of aryl methyl sites for hydroxylation is 3. The molecule has 27 heavy (non-hydrogen) atoms. The molecule has 0 radical (unpaired) electrons. The number of nitrogens with one attached hydrogen (secondary N) is 1. The summed E-state index contributed by atoms with van der Waals surface area (Å²) in [5, 5.41) is 3.95. The Kier molecular flexibility index (Phi) is 5.34. The van der Waals surface area contributed by atoms with Gasteiger partial charge in [0, 0.05) is 12.1 Å². The highest BCUT2D eigenvalue weighted by Crippen LogP contribution is 2.30. The van der Waals surface area contributed by atoms with Gasteiger partial charge in [0.05, 0.1) is 17.7 Å². The number of sulfonamides is 1. The molecule has 1 aromatic heterocycles. The maximum atomic E-state index is 12.9. The Hall–Kier alpha value is -2.64. The molecule has 0 saturated heterocycles. The Morgan fingerprint density at radius 1 is 1.11 bits per heavy atom. The number of methoxy groups -OCH3 is 1. The van der Waals surface area contributed by atoms with Crippen molar-refractivity contribution in [3.05, 3.63) is 65.0 Å². The minimum atomic E-state index is -3.69. The minimum Gasteiger partial charge on any atom is -0.497 e. The van der Waals surface area contributed by atoms with Crippen molar-refractivity contribution in [2.75, 3.05) is 7.11 Å². The van der Waals surface area contributed by atoms with E-state index in [0.717, 1.165) is 22.4 Å². The minimum absolute atomic E-state index is 0.175. The summed E-state index contributed by atoms with van der Waals surface area (Å²) < 4.78 is 38.8. The van der Waals surface area contributed by atoms with E-state index >= 15 is 0 Å². The monoisotopic (exact) mass is 386 g/mol. The van der Waals surface area contributed by atoms with Gasteiger partial charge >= 0.3 is 0 Å². The van der Waals surface area contributed by atoms with Crippen LogP contribution in [0.1, 0.15) is 22.6 Å². The van der Waals surface area contributed by atoms with E-state index in [9.17, 15) is 8.42 Å². The lowest BCUT2D eigenvalue weighted by Gasteiger charge is -2.12. The average Bonchev–Trinajstić information content (AvgIpc) is 2.99. The fourth-order valence-electron chi connectivity index (χ4n) is 2.98. The molecular weight excluding hydrogens is 364 g/mol. The second-order valence-corrected chi connectivity index (χ2v) is 8.09. The van der Waals surface area contributed by atoms with Crippen molar-refractivity contribution in [2.45, 2.75) is 32.2 Å². The van der Waals surface area contributed by atoms with Crippen LogP contribution < -0.4 is 9.46 Å². The van der Waals surface area contributed by atoms with Crippen LogP contribution in [0.4, 0.5) is 0 Å². The second-order valence-electron chi connectivity index (χ2n) is 6.36. The highest BCUT2D eigenvalue weighted by Gasteiger charge is 2.20. The predicted molar refractivity (Wildman–Crippen MR) is 103 cm³/mol. The molecule has 0 fully saturated rings. The van der Waals surface area contributed by atoms with Crippen molar-refractivity contribution >= 4 is 10.0 Å². The second kappa shape index (κ2) is 7.54. The van der Waals surface area contributed by atoms with E-state index in [2.05, 4.69) is 9.88 Å². The summed E-state index contributed by atoms with van der Waals surface area (Å²) in [7, 11) is -2.11. The molecule has 0 spiro atoms. The molecule has 0 bridgehead atoms. The molecular formula is C20H22N2O4S. The Labute approximate surface area is 159 Å². The molecule has 0 unspecified atom stereocenters. The van der Waals surface area contributed by atoms with Crippen LogP contribution in [0.5, 0.6) is 5.75 Å². The van der Waals surface area contributed by atoms with Gasteiger partial charge in [-0.05, 0) is 55.7 Å². The molecule has 1 heterocycles. The van der Waals surface area contributed by atoms with Crippen molar-refractivity contribution in [3.8, 4) is 16.9 Å². The van der Waals surface area contributed by atoms with E-state index in [1.165, 1.54) is 0 Å². The summed E-state index contributed by atoms with van der Waals surface area (Å²) in [6.45, 7) is 5.59. The fourth-order valence-corrected chi connectivity index (χ4v) is 4.26. The Morgan fingerprint density at radius 3 is 2.56 bits per heavy atom. The summed E-state index contributed by atoms with van der Waals surface area (Å²) in [6.07, 6.45) is 0. The average molecular weight is 386 g/mol. The Balaban J connectivity index is 1.91. The van der Waals surface area contributed by atoms with Crippen molar-refractivity contribution in [1.29, 1.82) is 0 Å². The van der Waals surface area contributed by atoms with Crippen molar-refractivity contribution in [1.82, 2.24) is 9.88 Å². The molecule has 3 aromatic rings. The zero-order valence-electron chi connectivity index (χ0n) is 15.7. The van der Waals surface area contributed by atoms with Gasteiger partial charge in [-0.15, -0.1) is 0 Å². The molecule has 142 valence electrons. The smallest absolute Gasteiger partial charge is 0.241 e. The summed E-state index contributed by atoms with van der Waals surface area (Å²) >= 11 is 0. The molecule has 1 N–H and O–H groups in total. The van der Waals surface area contributed by atoms with Gasteiger partial charge in [-0.25, -0.2) is 13.1 Å². The van der Waals surface area contributed by atoms with Crippen LogP contribution in [0, 0.1) is 20.8 Å². The Morgan fingerprint density at radius 2 is 1.89 bits per heavy atom. The van der Waals surface area contributed by atoms with Crippen LogP contribution in [0.25, 0.3) is 11.1 Å². The van der Waals surface area contributed by atoms with Crippen LogP contribution in [0.3, 0.4) is 0 Å². The van der Waals surface area contributed by atoms with Gasteiger partial charge in [0.1, 0.15) is 11.5 Å². The zero-order chi connectivity index (χ0) is 19.6. The van der Waals surface area contributed by atoms with Gasteiger partial charge < -0.3 is 9.26 Å². The summed E-state index contributed by atoms with van der Waals surface area (Å²) in [6, 6.07) is 12.6. The Bertz CT molecular complexity index is 1050. The normalized spacial score (nSPS) is 11.6. The number of nitrogens with zero attached hydrogens (tertiary/aromatic N) is 1. The first-order chi connectivity index (χ1) is 12.8. The number of ether oxygens (including phenoxy) is 1.